The van der Waals surface area contributed by atoms with Crippen molar-refractivity contribution in [3.05, 3.63) is 74.1 Å². The Kier molecular flexibility index (Phi) is 7.02. The van der Waals surface area contributed by atoms with Crippen LogP contribution in [0.25, 0.3) is 11.3 Å². The van der Waals surface area contributed by atoms with Crippen LogP contribution in [0, 0.1) is 24.0 Å². The van der Waals surface area contributed by atoms with E-state index in [1.165, 1.54) is 40.7 Å². The quantitative estimate of drug-likeness (QED) is 0.191. The number of thiazole rings is 1. The van der Waals surface area contributed by atoms with E-state index in [-0.39, 0.29) is 35.7 Å². The van der Waals surface area contributed by atoms with Crippen molar-refractivity contribution < 1.29 is 19.3 Å². The smallest absolute Gasteiger partial charge is 0.282 e. The number of carbonyl (C=O) groups is 3. The molecule has 2 aromatic carbocycles. The van der Waals surface area contributed by atoms with E-state index in [4.69, 9.17) is 0 Å². The first-order valence-corrected chi connectivity index (χ1v) is 12.1. The Balaban J connectivity index is 1.23. The summed E-state index contributed by atoms with van der Waals surface area (Å²) in [6.45, 7) is 4.25. The van der Waals surface area contributed by atoms with E-state index < -0.39 is 16.7 Å². The number of carbonyl (C=O) groups excluding carboxylic acids is 3. The van der Waals surface area contributed by atoms with E-state index in [0.717, 1.165) is 16.2 Å². The molecule has 3 aromatic rings. The van der Waals surface area contributed by atoms with Gasteiger partial charge in [-0.2, -0.15) is 0 Å². The number of fused-ring (bicyclic) bond motifs is 1. The van der Waals surface area contributed by atoms with Crippen molar-refractivity contribution in [2.75, 3.05) is 11.9 Å². The fourth-order valence-electron chi connectivity index (χ4n) is 3.95. The Hall–Kier alpha value is -3.92. The standard InChI is InChI=1S/C25H24N4O5S/c1-15-10-11-17(13-16(15)2)19-14-35-25(26-19)27-21(30)9-4-3-5-12-28-23(31)18-7-6-8-20(29(33)34)22(18)24(28)32/h6-8,10-11,13-14H,3-5,9,12H2,1-2H3,(H,26,27,30). The maximum absolute atomic E-state index is 12.6. The van der Waals surface area contributed by atoms with Crippen molar-refractivity contribution >= 4 is 39.9 Å². The number of nitro benzene ring substituents is 1. The molecule has 1 aliphatic heterocycles. The van der Waals surface area contributed by atoms with Gasteiger partial charge in [-0.15, -0.1) is 11.3 Å². The topological polar surface area (TPSA) is 123 Å². The summed E-state index contributed by atoms with van der Waals surface area (Å²) in [6, 6.07) is 10.2. The third kappa shape index (κ3) is 5.12. The zero-order valence-electron chi connectivity index (χ0n) is 19.4. The molecule has 0 atom stereocenters. The van der Waals surface area contributed by atoms with E-state index in [2.05, 4.69) is 23.3 Å². The number of amides is 3. The molecule has 1 N–H and O–H groups in total. The molecule has 0 spiro atoms. The molecule has 1 aromatic heterocycles. The van der Waals surface area contributed by atoms with Gasteiger partial charge in [-0.1, -0.05) is 24.6 Å². The normalized spacial score (nSPS) is 12.7. The van der Waals surface area contributed by atoms with Crippen LogP contribution in [0.5, 0.6) is 0 Å². The molecule has 0 bridgehead atoms. The predicted octanol–water partition coefficient (Wildman–Crippen LogP) is 5.13. The lowest BCUT2D eigenvalue weighted by atomic mass is 10.1. The number of aryl methyl sites for hydroxylation is 2. The Morgan fingerprint density at radius 3 is 2.63 bits per heavy atom. The van der Waals surface area contributed by atoms with Crippen molar-refractivity contribution in [3.63, 3.8) is 0 Å². The van der Waals surface area contributed by atoms with Gasteiger partial charge in [-0.3, -0.25) is 29.4 Å². The zero-order chi connectivity index (χ0) is 25.1. The van der Waals surface area contributed by atoms with Gasteiger partial charge in [-0.25, -0.2) is 4.98 Å². The van der Waals surface area contributed by atoms with Crippen LogP contribution < -0.4 is 5.32 Å². The molecule has 0 saturated carbocycles. The largest absolute Gasteiger partial charge is 0.302 e. The van der Waals surface area contributed by atoms with Crippen LogP contribution >= 0.6 is 11.3 Å². The van der Waals surface area contributed by atoms with Crippen LogP contribution in [-0.4, -0.2) is 39.1 Å². The molecule has 1 aliphatic rings. The highest BCUT2D eigenvalue weighted by atomic mass is 32.1. The van der Waals surface area contributed by atoms with Gasteiger partial charge in [-0.05, 0) is 49.9 Å². The molecule has 180 valence electrons. The Morgan fingerprint density at radius 2 is 1.89 bits per heavy atom. The maximum Gasteiger partial charge on any atom is 0.282 e. The molecule has 0 unspecified atom stereocenters. The van der Waals surface area contributed by atoms with Crippen LogP contribution in [0.4, 0.5) is 10.8 Å². The number of nitro groups is 1. The minimum atomic E-state index is -0.653. The Bertz CT molecular complexity index is 1330. The number of rotatable bonds is 9. The first-order chi connectivity index (χ1) is 16.8. The number of anilines is 1. The molecular formula is C25H24N4O5S. The molecule has 0 radical (unpaired) electrons. The zero-order valence-corrected chi connectivity index (χ0v) is 20.2. The van der Waals surface area contributed by atoms with Gasteiger partial charge in [0.1, 0.15) is 5.56 Å². The predicted molar refractivity (Wildman–Crippen MR) is 133 cm³/mol. The fourth-order valence-corrected chi connectivity index (χ4v) is 4.69. The Morgan fingerprint density at radius 1 is 1.09 bits per heavy atom. The van der Waals surface area contributed by atoms with Gasteiger partial charge in [0.15, 0.2) is 5.13 Å². The fraction of sp³-hybridized carbons (Fsp3) is 0.280. The number of nitrogens with one attached hydrogen (secondary N) is 1. The second-order valence-corrected chi connectivity index (χ2v) is 9.27. The molecule has 2 heterocycles. The second-order valence-electron chi connectivity index (χ2n) is 8.41. The SMILES string of the molecule is Cc1ccc(-c2csc(NC(=O)CCCCCN3C(=O)c4cccc([N+](=O)[O-])c4C3=O)n2)cc1C. The monoisotopic (exact) mass is 492 g/mol. The van der Waals surface area contributed by atoms with Crippen LogP contribution in [0.15, 0.2) is 41.8 Å². The highest BCUT2D eigenvalue weighted by Crippen LogP contribution is 2.31. The second kappa shape index (κ2) is 10.1. The highest BCUT2D eigenvalue weighted by Gasteiger charge is 2.40. The number of benzene rings is 2. The van der Waals surface area contributed by atoms with E-state index in [9.17, 15) is 24.5 Å². The summed E-state index contributed by atoms with van der Waals surface area (Å²) in [6.07, 6.45) is 1.98. The lowest BCUT2D eigenvalue weighted by Crippen LogP contribution is -2.30. The number of imide groups is 1. The molecule has 9 nitrogen and oxygen atoms in total. The molecule has 10 heteroatoms. The third-order valence-electron chi connectivity index (χ3n) is 6.01. The van der Waals surface area contributed by atoms with Crippen LogP contribution in [-0.2, 0) is 4.79 Å². The Labute approximate surface area is 205 Å². The van der Waals surface area contributed by atoms with Gasteiger partial charge < -0.3 is 5.32 Å². The third-order valence-corrected chi connectivity index (χ3v) is 6.77. The molecule has 3 amide bonds. The summed E-state index contributed by atoms with van der Waals surface area (Å²) < 4.78 is 0. The van der Waals surface area contributed by atoms with Gasteiger partial charge in [0.05, 0.1) is 16.2 Å². The number of hydrogen-bond donors (Lipinski definition) is 1. The maximum atomic E-state index is 12.6. The summed E-state index contributed by atoms with van der Waals surface area (Å²) in [5, 5.41) is 16.5. The number of unbranched alkanes of at least 4 members (excludes halogenated alkanes) is 2. The highest BCUT2D eigenvalue weighted by molar-refractivity contribution is 7.14. The summed E-state index contributed by atoms with van der Waals surface area (Å²) in [5.41, 5.74) is 3.76. The van der Waals surface area contributed by atoms with E-state index in [1.54, 1.807) is 0 Å². The summed E-state index contributed by atoms with van der Waals surface area (Å²) in [5.74, 6) is -1.31. The minimum absolute atomic E-state index is 0.0622. The first kappa shape index (κ1) is 24.2. The van der Waals surface area contributed by atoms with Gasteiger partial charge in [0.25, 0.3) is 17.5 Å². The molecule has 0 saturated heterocycles. The van der Waals surface area contributed by atoms with Crippen molar-refractivity contribution in [1.82, 2.24) is 9.88 Å². The van der Waals surface area contributed by atoms with E-state index >= 15 is 0 Å². The molecule has 0 aliphatic carbocycles. The first-order valence-electron chi connectivity index (χ1n) is 11.2. The van der Waals surface area contributed by atoms with Gasteiger partial charge in [0.2, 0.25) is 5.91 Å². The van der Waals surface area contributed by atoms with Crippen LogP contribution in [0.2, 0.25) is 0 Å². The van der Waals surface area contributed by atoms with Crippen LogP contribution in [0.3, 0.4) is 0 Å². The van der Waals surface area contributed by atoms with Crippen LogP contribution in [0.1, 0.15) is 57.5 Å². The van der Waals surface area contributed by atoms with Crippen molar-refractivity contribution in [2.24, 2.45) is 0 Å². The van der Waals surface area contributed by atoms with Gasteiger partial charge in [0, 0.05) is 30.0 Å². The number of hydrogen-bond acceptors (Lipinski definition) is 7. The average Bonchev–Trinajstić information content (AvgIpc) is 3.38. The van der Waals surface area contributed by atoms with E-state index in [0.29, 0.717) is 24.4 Å². The lowest BCUT2D eigenvalue weighted by molar-refractivity contribution is -0.385. The summed E-state index contributed by atoms with van der Waals surface area (Å²) in [4.78, 5) is 53.5. The molecule has 35 heavy (non-hydrogen) atoms. The number of nitrogens with zero attached hydrogens (tertiary/aromatic N) is 3. The summed E-state index contributed by atoms with van der Waals surface area (Å²) in [7, 11) is 0. The average molecular weight is 493 g/mol. The molecule has 0 fully saturated rings. The van der Waals surface area contributed by atoms with Gasteiger partial charge >= 0.3 is 0 Å². The van der Waals surface area contributed by atoms with E-state index in [1.807, 2.05) is 24.4 Å². The minimum Gasteiger partial charge on any atom is -0.302 e. The summed E-state index contributed by atoms with van der Waals surface area (Å²) >= 11 is 1.37. The molecular weight excluding hydrogens is 468 g/mol. The lowest BCUT2D eigenvalue weighted by Gasteiger charge is -2.13. The van der Waals surface area contributed by atoms with Crippen molar-refractivity contribution in [2.45, 2.75) is 39.5 Å². The number of aromatic nitrogens is 1. The van der Waals surface area contributed by atoms with Crippen molar-refractivity contribution in [1.29, 1.82) is 0 Å². The molecule has 4 rings (SSSR count). The van der Waals surface area contributed by atoms with Crippen molar-refractivity contribution in [3.8, 4) is 11.3 Å².